The minimum absolute atomic E-state index is 0.0748. The first-order chi connectivity index (χ1) is 8.69. The van der Waals surface area contributed by atoms with Crippen molar-refractivity contribution < 1.29 is 9.84 Å². The van der Waals surface area contributed by atoms with Crippen molar-refractivity contribution in [1.29, 1.82) is 0 Å². The molecule has 0 amide bonds. The number of ether oxygens (including phenoxy) is 1. The molecule has 18 heavy (non-hydrogen) atoms. The molecule has 0 aromatic heterocycles. The van der Waals surface area contributed by atoms with Gasteiger partial charge in [-0.25, -0.2) is 0 Å². The van der Waals surface area contributed by atoms with Crippen LogP contribution in [-0.4, -0.2) is 28.2 Å². The highest BCUT2D eigenvalue weighted by atomic mass is 79.9. The first kappa shape index (κ1) is 15.5. The lowest BCUT2D eigenvalue weighted by atomic mass is 10.1. The van der Waals surface area contributed by atoms with E-state index in [-0.39, 0.29) is 17.0 Å². The topological polar surface area (TPSA) is 29.5 Å². The third-order valence-corrected chi connectivity index (χ3v) is 3.97. The van der Waals surface area contributed by atoms with E-state index in [0.29, 0.717) is 12.8 Å². The normalized spacial score (nSPS) is 30.0. The van der Waals surface area contributed by atoms with Crippen LogP contribution in [0.15, 0.2) is 24.3 Å². The summed E-state index contributed by atoms with van der Waals surface area (Å²) < 4.78 is 5.86. The number of terminal acetylenes is 1. The van der Waals surface area contributed by atoms with Gasteiger partial charge in [0.05, 0.1) is 18.3 Å². The molecule has 0 aromatic carbocycles. The van der Waals surface area contributed by atoms with Crippen molar-refractivity contribution in [3.63, 3.8) is 0 Å². The lowest BCUT2D eigenvalue weighted by Crippen LogP contribution is -2.21. The molecule has 0 saturated carbocycles. The molecule has 1 fully saturated rings. The van der Waals surface area contributed by atoms with E-state index in [9.17, 15) is 5.11 Å². The number of allylic oxidation sites excluding steroid dienone is 3. The molecule has 1 N–H and O–H groups in total. The maximum Gasteiger partial charge on any atom is 0.0873 e. The van der Waals surface area contributed by atoms with Crippen LogP contribution in [0.1, 0.15) is 32.6 Å². The summed E-state index contributed by atoms with van der Waals surface area (Å²) in [5.74, 6) is 2.44. The minimum atomic E-state index is -0.396. The Morgan fingerprint density at radius 1 is 1.50 bits per heavy atom. The van der Waals surface area contributed by atoms with Gasteiger partial charge < -0.3 is 9.84 Å². The Morgan fingerprint density at radius 3 is 2.94 bits per heavy atom. The highest BCUT2D eigenvalue weighted by molar-refractivity contribution is 9.09. The Kier molecular flexibility index (Phi) is 7.34. The van der Waals surface area contributed by atoms with Crippen molar-refractivity contribution >= 4 is 15.9 Å². The van der Waals surface area contributed by atoms with Gasteiger partial charge in [-0.15, -0.1) is 6.42 Å². The first-order valence-corrected chi connectivity index (χ1v) is 7.34. The van der Waals surface area contributed by atoms with Gasteiger partial charge in [-0.3, -0.25) is 0 Å². The average Bonchev–Trinajstić information content (AvgIpc) is 2.72. The predicted octanol–water partition coefficient (Wildman–Crippen LogP) is 3.20. The number of hydrogen-bond acceptors (Lipinski definition) is 2. The monoisotopic (exact) mass is 312 g/mol. The van der Waals surface area contributed by atoms with Gasteiger partial charge in [-0.2, -0.15) is 0 Å². The van der Waals surface area contributed by atoms with Gasteiger partial charge in [0.15, 0.2) is 0 Å². The Labute approximate surface area is 118 Å². The summed E-state index contributed by atoms with van der Waals surface area (Å²) in [6.45, 7) is 2.11. The van der Waals surface area contributed by atoms with Crippen LogP contribution in [0, 0.1) is 12.3 Å². The number of rotatable bonds is 6. The fourth-order valence-electron chi connectivity index (χ4n) is 2.02. The molecule has 1 heterocycles. The molecule has 0 unspecified atom stereocenters. The number of alkyl halides is 1. The van der Waals surface area contributed by atoms with E-state index in [0.717, 1.165) is 12.8 Å². The molecule has 1 rings (SSSR count). The summed E-state index contributed by atoms with van der Waals surface area (Å²) in [6.07, 6.45) is 15.8. The van der Waals surface area contributed by atoms with Crippen LogP contribution in [0.25, 0.3) is 0 Å². The molecule has 1 aliphatic heterocycles. The lowest BCUT2D eigenvalue weighted by Gasteiger charge is -2.16. The van der Waals surface area contributed by atoms with Gasteiger partial charge in [0.1, 0.15) is 0 Å². The Balaban J connectivity index is 2.40. The maximum atomic E-state index is 9.93. The summed E-state index contributed by atoms with van der Waals surface area (Å²) in [6, 6.07) is 0. The summed E-state index contributed by atoms with van der Waals surface area (Å²) in [4.78, 5) is 0.261. The van der Waals surface area contributed by atoms with Crippen LogP contribution in [0.3, 0.4) is 0 Å². The highest BCUT2D eigenvalue weighted by Crippen LogP contribution is 2.29. The summed E-state index contributed by atoms with van der Waals surface area (Å²) in [5, 5.41) is 9.93. The second-order valence-corrected chi connectivity index (χ2v) is 5.63. The minimum Gasteiger partial charge on any atom is -0.390 e. The quantitative estimate of drug-likeness (QED) is 0.463. The van der Waals surface area contributed by atoms with Gasteiger partial charge in [0.25, 0.3) is 0 Å². The molecule has 2 nitrogen and oxygen atoms in total. The number of aliphatic hydroxyl groups excluding tert-OH is 1. The smallest absolute Gasteiger partial charge is 0.0873 e. The maximum absolute atomic E-state index is 9.93. The molecule has 0 aliphatic carbocycles. The van der Waals surface area contributed by atoms with Crippen LogP contribution in [0.5, 0.6) is 0 Å². The summed E-state index contributed by atoms with van der Waals surface area (Å²) >= 11 is 3.63. The van der Waals surface area contributed by atoms with Crippen LogP contribution in [0.2, 0.25) is 0 Å². The van der Waals surface area contributed by atoms with Crippen molar-refractivity contribution in [3.8, 4) is 12.3 Å². The molecular formula is C15H21BrO2. The largest absolute Gasteiger partial charge is 0.390 e. The molecule has 4 atom stereocenters. The van der Waals surface area contributed by atoms with E-state index in [1.807, 2.05) is 6.08 Å². The molecular weight excluding hydrogens is 292 g/mol. The van der Waals surface area contributed by atoms with Crippen molar-refractivity contribution in [3.05, 3.63) is 24.3 Å². The van der Waals surface area contributed by atoms with Crippen LogP contribution in [-0.2, 0) is 4.74 Å². The highest BCUT2D eigenvalue weighted by Gasteiger charge is 2.36. The standard InChI is InChI=1S/C15H21BrO2/c1-3-5-7-9-12(16)15-11-13(17)14(18-15)10-8-6-4-2/h2,5-8,12-15,17H,3,9-11H2,1H3/b7-5+,8-6+/t12-,13+,14-,15-/m1/s1. The van der Waals surface area contributed by atoms with Gasteiger partial charge in [-0.05, 0) is 25.3 Å². The zero-order chi connectivity index (χ0) is 13.4. The fourth-order valence-corrected chi connectivity index (χ4v) is 2.58. The van der Waals surface area contributed by atoms with Gasteiger partial charge in [0, 0.05) is 11.2 Å². The second-order valence-electron chi connectivity index (χ2n) is 4.45. The van der Waals surface area contributed by atoms with Crippen molar-refractivity contribution in [2.45, 2.75) is 55.7 Å². The number of aliphatic hydroxyl groups is 1. The molecule has 100 valence electrons. The van der Waals surface area contributed by atoms with Crippen molar-refractivity contribution in [2.24, 2.45) is 0 Å². The summed E-state index contributed by atoms with van der Waals surface area (Å²) in [5.41, 5.74) is 0. The molecule has 1 aliphatic rings. The van der Waals surface area contributed by atoms with E-state index in [1.165, 1.54) is 0 Å². The molecule has 0 aromatic rings. The molecule has 0 radical (unpaired) electrons. The molecule has 1 saturated heterocycles. The first-order valence-electron chi connectivity index (χ1n) is 6.42. The molecule has 0 spiro atoms. The molecule has 3 heteroatoms. The van der Waals surface area contributed by atoms with Gasteiger partial charge in [-0.1, -0.05) is 47.0 Å². The Morgan fingerprint density at radius 2 is 2.28 bits per heavy atom. The Hall–Kier alpha value is -0.560. The second kappa shape index (κ2) is 8.53. The molecule has 0 bridgehead atoms. The summed E-state index contributed by atoms with van der Waals surface area (Å²) in [7, 11) is 0. The van der Waals surface area contributed by atoms with E-state index >= 15 is 0 Å². The van der Waals surface area contributed by atoms with Crippen molar-refractivity contribution in [1.82, 2.24) is 0 Å². The van der Waals surface area contributed by atoms with Gasteiger partial charge >= 0.3 is 0 Å². The third-order valence-electron chi connectivity index (χ3n) is 3.00. The van der Waals surface area contributed by atoms with Crippen LogP contribution in [0.4, 0.5) is 0 Å². The number of hydrogen-bond donors (Lipinski definition) is 1. The SMILES string of the molecule is C#C/C=C/C[C@H]1O[C@@H]([C@H](Br)C/C=C/CC)C[C@@H]1O. The van der Waals surface area contributed by atoms with E-state index in [2.05, 4.69) is 40.9 Å². The Bertz CT molecular complexity index is 330. The number of halogens is 1. The lowest BCUT2D eigenvalue weighted by molar-refractivity contribution is 0.0128. The van der Waals surface area contributed by atoms with Crippen LogP contribution < -0.4 is 0 Å². The van der Waals surface area contributed by atoms with Crippen molar-refractivity contribution in [2.75, 3.05) is 0 Å². The van der Waals surface area contributed by atoms with Gasteiger partial charge in [0.2, 0.25) is 0 Å². The predicted molar refractivity (Wildman–Crippen MR) is 78.6 cm³/mol. The zero-order valence-corrected chi connectivity index (χ0v) is 12.3. The zero-order valence-electron chi connectivity index (χ0n) is 10.8. The van der Waals surface area contributed by atoms with E-state index in [1.54, 1.807) is 6.08 Å². The average molecular weight is 313 g/mol. The van der Waals surface area contributed by atoms with E-state index in [4.69, 9.17) is 11.2 Å². The third kappa shape index (κ3) is 4.97. The fraction of sp³-hybridized carbons (Fsp3) is 0.600. The van der Waals surface area contributed by atoms with Crippen LogP contribution >= 0.6 is 15.9 Å². The van der Waals surface area contributed by atoms with E-state index < -0.39 is 6.10 Å².